The molecular weight excluding hydrogens is 282 g/mol. The van der Waals surface area contributed by atoms with Gasteiger partial charge in [0.05, 0.1) is 6.54 Å². The Bertz CT molecular complexity index is 593. The number of nitrogens with zero attached hydrogens (tertiary/aromatic N) is 1. The Morgan fingerprint density at radius 1 is 1.36 bits per heavy atom. The van der Waals surface area contributed by atoms with Crippen molar-refractivity contribution in [1.82, 2.24) is 4.90 Å². The predicted octanol–water partition coefficient (Wildman–Crippen LogP) is 3.10. The molecule has 2 aliphatic heterocycles. The number of hydrogen-bond donors (Lipinski definition) is 1. The van der Waals surface area contributed by atoms with Gasteiger partial charge >= 0.3 is 6.09 Å². The minimum absolute atomic E-state index is 0.283. The summed E-state index contributed by atoms with van der Waals surface area (Å²) in [6.07, 6.45) is 2.08. The van der Waals surface area contributed by atoms with Crippen LogP contribution in [0.1, 0.15) is 39.2 Å². The van der Waals surface area contributed by atoms with E-state index in [1.165, 1.54) is 0 Å². The molecule has 0 unspecified atom stereocenters. The highest BCUT2D eigenvalue weighted by molar-refractivity contribution is 5.68. The van der Waals surface area contributed by atoms with E-state index in [0.717, 1.165) is 30.6 Å². The zero-order valence-corrected chi connectivity index (χ0v) is 13.4. The standard InChI is InChI=1S/C17H23NO4/c1-16(2,3)22-15(20)18-10-9-17(11-18)8-7-12-13(19)5-4-6-14(12)21-17/h4-6,19H,7-11H2,1-3H3/t17-/m1/s1. The van der Waals surface area contributed by atoms with Crippen LogP contribution in [-0.4, -0.2) is 40.4 Å². The first kappa shape index (κ1) is 15.0. The molecule has 5 nitrogen and oxygen atoms in total. The van der Waals surface area contributed by atoms with Crippen LogP contribution in [0, 0.1) is 0 Å². The van der Waals surface area contributed by atoms with Crippen LogP contribution in [0.25, 0.3) is 0 Å². The highest BCUT2D eigenvalue weighted by Gasteiger charge is 2.45. The Morgan fingerprint density at radius 2 is 2.14 bits per heavy atom. The van der Waals surface area contributed by atoms with Crippen molar-refractivity contribution in [1.29, 1.82) is 0 Å². The number of ether oxygens (including phenoxy) is 2. The predicted molar refractivity (Wildman–Crippen MR) is 82.2 cm³/mol. The van der Waals surface area contributed by atoms with Gasteiger partial charge in [-0.1, -0.05) is 6.07 Å². The van der Waals surface area contributed by atoms with Gasteiger partial charge in [-0.25, -0.2) is 4.79 Å². The molecular formula is C17H23NO4. The highest BCUT2D eigenvalue weighted by Crippen LogP contribution is 2.41. The molecule has 1 spiro atoms. The summed E-state index contributed by atoms with van der Waals surface area (Å²) in [7, 11) is 0. The lowest BCUT2D eigenvalue weighted by molar-refractivity contribution is 0.0169. The number of rotatable bonds is 0. The minimum atomic E-state index is -0.487. The Morgan fingerprint density at radius 3 is 2.86 bits per heavy atom. The van der Waals surface area contributed by atoms with Crippen LogP contribution in [0.3, 0.4) is 0 Å². The van der Waals surface area contributed by atoms with Crippen LogP contribution in [0.5, 0.6) is 11.5 Å². The number of carbonyl (C=O) groups is 1. The van der Waals surface area contributed by atoms with Crippen molar-refractivity contribution in [3.8, 4) is 11.5 Å². The largest absolute Gasteiger partial charge is 0.508 e. The van der Waals surface area contributed by atoms with Crippen molar-refractivity contribution in [2.24, 2.45) is 0 Å². The normalized spacial score (nSPS) is 24.0. The van der Waals surface area contributed by atoms with Gasteiger partial charge in [0.2, 0.25) is 0 Å². The summed E-state index contributed by atoms with van der Waals surface area (Å²) in [5, 5.41) is 9.89. The molecule has 2 aliphatic rings. The first-order valence-corrected chi connectivity index (χ1v) is 7.76. The molecule has 0 saturated carbocycles. The molecule has 1 fully saturated rings. The first-order valence-electron chi connectivity index (χ1n) is 7.76. The quantitative estimate of drug-likeness (QED) is 0.800. The summed E-state index contributed by atoms with van der Waals surface area (Å²) < 4.78 is 11.6. The van der Waals surface area contributed by atoms with E-state index in [4.69, 9.17) is 9.47 Å². The lowest BCUT2D eigenvalue weighted by atomic mass is 9.90. The van der Waals surface area contributed by atoms with Gasteiger partial charge in [0.25, 0.3) is 0 Å². The average Bonchev–Trinajstić information content (AvgIpc) is 2.81. The first-order chi connectivity index (χ1) is 10.3. The Balaban J connectivity index is 1.71. The van der Waals surface area contributed by atoms with Crippen molar-refractivity contribution in [2.45, 2.75) is 51.2 Å². The van der Waals surface area contributed by atoms with E-state index in [-0.39, 0.29) is 17.4 Å². The topological polar surface area (TPSA) is 59.0 Å². The number of carbonyl (C=O) groups excluding carboxylic acids is 1. The lowest BCUT2D eigenvalue weighted by Crippen LogP contribution is -2.44. The highest BCUT2D eigenvalue weighted by atomic mass is 16.6. The number of phenolic OH excluding ortho intramolecular Hbond substituents is 1. The molecule has 1 amide bonds. The Labute approximate surface area is 130 Å². The van der Waals surface area contributed by atoms with Crippen LogP contribution in [0.2, 0.25) is 0 Å². The number of amides is 1. The Hall–Kier alpha value is -1.91. The van der Waals surface area contributed by atoms with Gasteiger partial charge in [0.1, 0.15) is 22.7 Å². The van der Waals surface area contributed by atoms with Crippen molar-refractivity contribution >= 4 is 6.09 Å². The van der Waals surface area contributed by atoms with E-state index in [1.54, 1.807) is 17.0 Å². The third-order valence-corrected chi connectivity index (χ3v) is 4.23. The second-order valence-corrected chi connectivity index (χ2v) is 7.19. The monoisotopic (exact) mass is 305 g/mol. The van der Waals surface area contributed by atoms with Gasteiger partial charge in [-0.15, -0.1) is 0 Å². The number of phenols is 1. The van der Waals surface area contributed by atoms with Crippen molar-refractivity contribution in [2.75, 3.05) is 13.1 Å². The fraction of sp³-hybridized carbons (Fsp3) is 0.588. The summed E-state index contributed by atoms with van der Waals surface area (Å²) in [5.41, 5.74) is 0.0277. The van der Waals surface area contributed by atoms with E-state index >= 15 is 0 Å². The molecule has 0 aliphatic carbocycles. The summed E-state index contributed by atoms with van der Waals surface area (Å²) >= 11 is 0. The van der Waals surface area contributed by atoms with Gasteiger partial charge in [-0.05, 0) is 45.7 Å². The van der Waals surface area contributed by atoms with Gasteiger partial charge in [-0.2, -0.15) is 0 Å². The van der Waals surface area contributed by atoms with Crippen molar-refractivity contribution in [3.63, 3.8) is 0 Å². The number of fused-ring (bicyclic) bond motifs is 1. The van der Waals surface area contributed by atoms with Crippen LogP contribution in [0.4, 0.5) is 4.79 Å². The maximum atomic E-state index is 12.2. The molecule has 3 rings (SSSR count). The molecule has 1 aromatic carbocycles. The van der Waals surface area contributed by atoms with Gasteiger partial charge < -0.3 is 19.5 Å². The maximum Gasteiger partial charge on any atom is 0.410 e. The van der Waals surface area contributed by atoms with Gasteiger partial charge in [-0.3, -0.25) is 0 Å². The number of benzene rings is 1. The lowest BCUT2D eigenvalue weighted by Gasteiger charge is -2.35. The summed E-state index contributed by atoms with van der Waals surface area (Å²) in [6, 6.07) is 5.35. The van der Waals surface area contributed by atoms with Crippen LogP contribution < -0.4 is 4.74 Å². The molecule has 1 aromatic rings. The molecule has 2 heterocycles. The number of aromatic hydroxyl groups is 1. The second kappa shape index (κ2) is 5.07. The fourth-order valence-corrected chi connectivity index (χ4v) is 3.15. The fourth-order valence-electron chi connectivity index (χ4n) is 3.15. The van der Waals surface area contributed by atoms with E-state index in [2.05, 4.69) is 0 Å². The molecule has 22 heavy (non-hydrogen) atoms. The molecule has 0 bridgehead atoms. The molecule has 1 saturated heterocycles. The molecule has 0 aromatic heterocycles. The summed E-state index contributed by atoms with van der Waals surface area (Å²) in [6.45, 7) is 6.78. The maximum absolute atomic E-state index is 12.2. The zero-order chi connectivity index (χ0) is 16.0. The molecule has 120 valence electrons. The van der Waals surface area contributed by atoms with E-state index in [9.17, 15) is 9.90 Å². The van der Waals surface area contributed by atoms with Gasteiger partial charge in [0.15, 0.2) is 0 Å². The molecule has 5 heteroatoms. The van der Waals surface area contributed by atoms with E-state index in [1.807, 2.05) is 26.8 Å². The van der Waals surface area contributed by atoms with Crippen molar-refractivity contribution in [3.05, 3.63) is 23.8 Å². The Kier molecular flexibility index (Phi) is 3.46. The third kappa shape index (κ3) is 2.85. The minimum Gasteiger partial charge on any atom is -0.508 e. The molecule has 0 radical (unpaired) electrons. The van der Waals surface area contributed by atoms with Gasteiger partial charge in [0, 0.05) is 18.5 Å². The van der Waals surface area contributed by atoms with Crippen LogP contribution >= 0.6 is 0 Å². The third-order valence-electron chi connectivity index (χ3n) is 4.23. The van der Waals surface area contributed by atoms with Crippen molar-refractivity contribution < 1.29 is 19.4 Å². The summed E-state index contributed by atoms with van der Waals surface area (Å²) in [4.78, 5) is 13.9. The van der Waals surface area contributed by atoms with E-state index < -0.39 is 5.60 Å². The SMILES string of the molecule is CC(C)(C)OC(=O)N1CC[C@]2(CCc3c(O)cccc3O2)C1. The van der Waals surface area contributed by atoms with Crippen LogP contribution in [0.15, 0.2) is 18.2 Å². The van der Waals surface area contributed by atoms with E-state index in [0.29, 0.717) is 13.1 Å². The number of likely N-dealkylation sites (tertiary alicyclic amines) is 1. The number of hydrogen-bond acceptors (Lipinski definition) is 4. The van der Waals surface area contributed by atoms with Crippen LogP contribution in [-0.2, 0) is 11.2 Å². The smallest absolute Gasteiger partial charge is 0.410 e. The average molecular weight is 305 g/mol. The molecule has 1 N–H and O–H groups in total. The molecule has 1 atom stereocenters. The summed E-state index contributed by atoms with van der Waals surface area (Å²) in [5.74, 6) is 1.02. The second-order valence-electron chi connectivity index (χ2n) is 7.19. The zero-order valence-electron chi connectivity index (χ0n) is 13.4.